The van der Waals surface area contributed by atoms with Gasteiger partial charge >= 0.3 is 0 Å². The number of nitrogens with one attached hydrogen (secondary N) is 4. The van der Waals surface area contributed by atoms with Crippen molar-refractivity contribution >= 4 is 139 Å². The number of hydrogen-bond acceptors (Lipinski definition) is 10. The van der Waals surface area contributed by atoms with Crippen LogP contribution in [0.3, 0.4) is 0 Å². The number of rotatable bonds is 16. The van der Waals surface area contributed by atoms with E-state index in [0.29, 0.717) is 22.5 Å². The lowest BCUT2D eigenvalue weighted by Crippen LogP contribution is -2.32. The molecular weight excluding hydrogens is 925 g/mol. The molecular formula is C42H32Cl6N8O6. The molecule has 2 atom stereocenters. The quantitative estimate of drug-likeness (QED) is 0.0431. The maximum Gasteiger partial charge on any atom is 0.258 e. The first-order valence-corrected chi connectivity index (χ1v) is 20.6. The number of benzene rings is 5. The van der Waals surface area contributed by atoms with Gasteiger partial charge in [-0.15, -0.1) is 23.2 Å². The molecule has 0 heterocycles. The SMILES string of the molecule is CC(=O)C(N=Nc1ccc(Cl)c(C(=O)Nc2ccccc2CCl)c1)C(=O)Nc1cc(Cl)c(NC(=O)C(N=Nc2ccc(Cl)c(C(=O)Nc3ccccc3CCl)c2)C(C)=O)c(Cl)c1. The van der Waals surface area contributed by atoms with Crippen LogP contribution in [0.1, 0.15) is 45.7 Å². The van der Waals surface area contributed by atoms with E-state index in [0.717, 1.165) is 13.8 Å². The van der Waals surface area contributed by atoms with Crippen molar-refractivity contribution in [1.29, 1.82) is 0 Å². The molecule has 5 aromatic carbocycles. The molecule has 0 radical (unpaired) electrons. The fourth-order valence-corrected chi connectivity index (χ4v) is 6.90. The standard InChI is InChI=1S/C42H32Cl6N8O6/c1-21(57)36(55-53-25-11-13-30(45)28(15-25)39(59)50-34-9-5-3-7-23(34)19-43)41(61)49-27-17-32(47)38(33(48)18-27)52-42(62)37(22(2)58)56-54-26-12-14-31(46)29(16-26)40(60)51-35-10-6-4-8-24(35)20-44/h3-18,36-37H,19-20H2,1-2H3,(H,49,61)(H,50,59)(H,51,60)(H,52,62). The summed E-state index contributed by atoms with van der Waals surface area (Å²) < 4.78 is 0. The highest BCUT2D eigenvalue weighted by Crippen LogP contribution is 2.35. The predicted molar refractivity (Wildman–Crippen MR) is 242 cm³/mol. The van der Waals surface area contributed by atoms with E-state index in [1.165, 1.54) is 48.5 Å². The molecule has 5 rings (SSSR count). The number of halogens is 6. The van der Waals surface area contributed by atoms with E-state index in [9.17, 15) is 28.8 Å². The minimum absolute atomic E-state index is 0.0173. The van der Waals surface area contributed by atoms with Crippen molar-refractivity contribution in [2.45, 2.75) is 37.7 Å². The number of amides is 4. The summed E-state index contributed by atoms with van der Waals surface area (Å²) in [5.41, 5.74) is 2.55. The van der Waals surface area contributed by atoms with Gasteiger partial charge < -0.3 is 21.3 Å². The van der Waals surface area contributed by atoms with Gasteiger partial charge in [-0.25, -0.2) is 0 Å². The summed E-state index contributed by atoms with van der Waals surface area (Å²) in [7, 11) is 0. The van der Waals surface area contributed by atoms with Crippen LogP contribution >= 0.6 is 69.6 Å². The van der Waals surface area contributed by atoms with E-state index in [2.05, 4.69) is 41.7 Å². The van der Waals surface area contributed by atoms with Crippen LogP contribution in [0.2, 0.25) is 20.1 Å². The highest BCUT2D eigenvalue weighted by Gasteiger charge is 2.27. The monoisotopic (exact) mass is 954 g/mol. The average molecular weight is 957 g/mol. The predicted octanol–water partition coefficient (Wildman–Crippen LogP) is 11.6. The zero-order chi connectivity index (χ0) is 45.1. The summed E-state index contributed by atoms with van der Waals surface area (Å²) in [6, 6.07) is 21.4. The molecule has 0 fully saturated rings. The molecule has 14 nitrogen and oxygen atoms in total. The maximum absolute atomic E-state index is 13.3. The number of hydrogen-bond donors (Lipinski definition) is 4. The summed E-state index contributed by atoms with van der Waals surface area (Å²) >= 11 is 37.5. The summed E-state index contributed by atoms with van der Waals surface area (Å²) in [6.45, 7) is 2.25. The van der Waals surface area contributed by atoms with Crippen LogP contribution in [-0.2, 0) is 30.9 Å². The van der Waals surface area contributed by atoms with Gasteiger partial charge in [-0.1, -0.05) is 82.8 Å². The second-order valence-electron chi connectivity index (χ2n) is 13.1. The van der Waals surface area contributed by atoms with Crippen LogP contribution in [0.25, 0.3) is 0 Å². The molecule has 2 unspecified atom stereocenters. The van der Waals surface area contributed by atoms with Crippen LogP contribution < -0.4 is 21.3 Å². The van der Waals surface area contributed by atoms with Crippen molar-refractivity contribution in [3.8, 4) is 0 Å². The van der Waals surface area contributed by atoms with Crippen LogP contribution in [0, 0.1) is 0 Å². The number of para-hydroxylation sites is 2. The second kappa shape index (κ2) is 21.9. The van der Waals surface area contributed by atoms with Crippen LogP contribution in [0.4, 0.5) is 34.1 Å². The van der Waals surface area contributed by atoms with Gasteiger partial charge in [0.15, 0.2) is 11.6 Å². The Morgan fingerprint density at radius 3 is 1.32 bits per heavy atom. The van der Waals surface area contributed by atoms with E-state index < -0.39 is 47.3 Å². The molecule has 4 amide bonds. The van der Waals surface area contributed by atoms with Gasteiger partial charge in [-0.3, -0.25) is 28.8 Å². The Morgan fingerprint density at radius 1 is 0.516 bits per heavy atom. The normalized spacial score (nSPS) is 12.1. The topological polar surface area (TPSA) is 200 Å². The Morgan fingerprint density at radius 2 is 0.919 bits per heavy atom. The van der Waals surface area contributed by atoms with Gasteiger partial charge in [-0.05, 0) is 85.6 Å². The van der Waals surface area contributed by atoms with Crippen LogP contribution in [0.15, 0.2) is 118 Å². The van der Waals surface area contributed by atoms with Gasteiger partial charge in [-0.2, -0.15) is 20.5 Å². The van der Waals surface area contributed by atoms with Gasteiger partial charge in [0.05, 0.1) is 48.3 Å². The van der Waals surface area contributed by atoms with E-state index in [4.69, 9.17) is 69.6 Å². The van der Waals surface area contributed by atoms with Crippen molar-refractivity contribution in [3.63, 3.8) is 0 Å². The van der Waals surface area contributed by atoms with Crippen LogP contribution in [0.5, 0.6) is 0 Å². The molecule has 0 saturated carbocycles. The Bertz CT molecular complexity index is 2620. The minimum Gasteiger partial charge on any atom is -0.324 e. The average Bonchev–Trinajstić information content (AvgIpc) is 3.23. The molecule has 0 aromatic heterocycles. The molecule has 20 heteroatoms. The first-order valence-electron chi connectivity index (χ1n) is 18.0. The molecule has 5 aromatic rings. The number of carbonyl (C=O) groups is 6. The number of Topliss-reactive ketones (excluding diaryl/α,β-unsaturated/α-hetero) is 2. The number of alkyl halides is 2. The Balaban J connectivity index is 1.26. The third kappa shape index (κ3) is 12.2. The largest absolute Gasteiger partial charge is 0.324 e. The molecule has 0 bridgehead atoms. The fraction of sp³-hybridized carbons (Fsp3) is 0.143. The van der Waals surface area contributed by atoms with Crippen molar-refractivity contribution < 1.29 is 28.8 Å². The Labute approximate surface area is 384 Å². The summed E-state index contributed by atoms with van der Waals surface area (Å²) in [5.74, 6) is -4.02. The van der Waals surface area contributed by atoms with E-state index in [-0.39, 0.29) is 65.7 Å². The van der Waals surface area contributed by atoms with E-state index in [1.54, 1.807) is 48.5 Å². The van der Waals surface area contributed by atoms with Crippen molar-refractivity contribution in [2.24, 2.45) is 20.5 Å². The first-order chi connectivity index (χ1) is 29.6. The molecule has 0 aliphatic carbocycles. The van der Waals surface area contributed by atoms with Crippen molar-refractivity contribution in [3.05, 3.63) is 139 Å². The molecule has 0 aliphatic rings. The zero-order valence-corrected chi connectivity index (χ0v) is 36.8. The smallest absolute Gasteiger partial charge is 0.258 e. The van der Waals surface area contributed by atoms with E-state index >= 15 is 0 Å². The molecule has 0 spiro atoms. The van der Waals surface area contributed by atoms with Crippen molar-refractivity contribution in [1.82, 2.24) is 0 Å². The van der Waals surface area contributed by atoms with Crippen LogP contribution in [-0.4, -0.2) is 47.3 Å². The molecule has 318 valence electrons. The lowest BCUT2D eigenvalue weighted by molar-refractivity contribution is -0.127. The molecule has 62 heavy (non-hydrogen) atoms. The fourth-order valence-electron chi connectivity index (χ4n) is 5.45. The van der Waals surface area contributed by atoms with Gasteiger partial charge in [0.25, 0.3) is 23.6 Å². The maximum atomic E-state index is 13.3. The van der Waals surface area contributed by atoms with Gasteiger partial charge in [0.2, 0.25) is 12.1 Å². The summed E-state index contributed by atoms with van der Waals surface area (Å²) in [6.07, 6.45) is 0. The van der Waals surface area contributed by atoms with E-state index in [1.807, 2.05) is 0 Å². The Kier molecular flexibility index (Phi) is 16.7. The number of carbonyl (C=O) groups excluding carboxylic acids is 6. The minimum atomic E-state index is -1.68. The Hall–Kier alpha value is -5.74. The number of ketones is 2. The third-order valence-electron chi connectivity index (χ3n) is 8.61. The van der Waals surface area contributed by atoms with Gasteiger partial charge in [0.1, 0.15) is 0 Å². The number of azo groups is 2. The number of nitrogens with zero attached hydrogens (tertiary/aromatic N) is 4. The summed E-state index contributed by atoms with van der Waals surface area (Å²) in [4.78, 5) is 77.8. The molecule has 0 aliphatic heterocycles. The molecule has 4 N–H and O–H groups in total. The highest BCUT2D eigenvalue weighted by atomic mass is 35.5. The number of anilines is 4. The first kappa shape index (κ1) is 47.3. The lowest BCUT2D eigenvalue weighted by atomic mass is 10.1. The molecule has 0 saturated heterocycles. The zero-order valence-electron chi connectivity index (χ0n) is 32.3. The lowest BCUT2D eigenvalue weighted by Gasteiger charge is -2.15. The van der Waals surface area contributed by atoms with Gasteiger partial charge in [0, 0.05) is 28.8 Å². The summed E-state index contributed by atoms with van der Waals surface area (Å²) in [5, 5.41) is 26.2. The third-order valence-corrected chi connectivity index (χ3v) is 10.4. The van der Waals surface area contributed by atoms with Crippen molar-refractivity contribution in [2.75, 3.05) is 21.3 Å². The highest BCUT2D eigenvalue weighted by molar-refractivity contribution is 6.40. The second-order valence-corrected chi connectivity index (χ2v) is 15.2.